The van der Waals surface area contributed by atoms with Crippen molar-refractivity contribution in [3.63, 3.8) is 0 Å². The molecule has 1 aromatic rings. The molecule has 1 aromatic carbocycles. The predicted molar refractivity (Wildman–Crippen MR) is 73.3 cm³/mol. The highest BCUT2D eigenvalue weighted by atomic mass is 16.5. The van der Waals surface area contributed by atoms with Crippen LogP contribution in [0.4, 0.5) is 0 Å². The number of nitrogens with one attached hydrogen (secondary N) is 1. The van der Waals surface area contributed by atoms with E-state index in [0.717, 1.165) is 38.4 Å². The van der Waals surface area contributed by atoms with Crippen LogP contribution in [0.15, 0.2) is 18.2 Å². The number of aromatic hydroxyl groups is 2. The lowest BCUT2D eigenvalue weighted by molar-refractivity contribution is 0.0343. The summed E-state index contributed by atoms with van der Waals surface area (Å²) < 4.78 is 5.32. The molecule has 0 radical (unpaired) electrons. The van der Waals surface area contributed by atoms with Gasteiger partial charge in [0.25, 0.3) is 0 Å². The van der Waals surface area contributed by atoms with Crippen LogP contribution >= 0.6 is 0 Å². The van der Waals surface area contributed by atoms with Gasteiger partial charge in [0.15, 0.2) is 11.5 Å². The summed E-state index contributed by atoms with van der Waals surface area (Å²) in [5.41, 5.74) is 0.962. The molecule has 1 heterocycles. The van der Waals surface area contributed by atoms with Gasteiger partial charge in [0, 0.05) is 32.2 Å². The number of benzene rings is 1. The zero-order valence-corrected chi connectivity index (χ0v) is 11.3. The standard InChI is InChI=1S/C14H22N2O3/c1-11(10-16-4-6-19-7-5-16)15-9-12-2-3-13(17)14(18)8-12/h2-3,8,11,15,17-18H,4-7,9-10H2,1H3. The molecule has 106 valence electrons. The van der Waals surface area contributed by atoms with Crippen molar-refractivity contribution in [1.29, 1.82) is 0 Å². The van der Waals surface area contributed by atoms with Crippen LogP contribution in [0.3, 0.4) is 0 Å². The Morgan fingerprint density at radius 2 is 2.00 bits per heavy atom. The smallest absolute Gasteiger partial charge is 0.157 e. The molecule has 2 rings (SSSR count). The molecule has 1 aliphatic heterocycles. The third kappa shape index (κ3) is 4.38. The number of hydrogen-bond donors (Lipinski definition) is 3. The van der Waals surface area contributed by atoms with E-state index < -0.39 is 0 Å². The molecule has 1 aliphatic rings. The maximum atomic E-state index is 9.43. The van der Waals surface area contributed by atoms with Crippen LogP contribution < -0.4 is 5.32 Å². The topological polar surface area (TPSA) is 65.0 Å². The normalized spacial score (nSPS) is 18.4. The molecule has 0 spiro atoms. The molecule has 5 heteroatoms. The highest BCUT2D eigenvalue weighted by Crippen LogP contribution is 2.24. The summed E-state index contributed by atoms with van der Waals surface area (Å²) in [5.74, 6) is -0.148. The first-order chi connectivity index (χ1) is 9.15. The fraction of sp³-hybridized carbons (Fsp3) is 0.571. The van der Waals surface area contributed by atoms with Crippen LogP contribution in [0, 0.1) is 0 Å². The molecular formula is C14H22N2O3. The number of ether oxygens (including phenoxy) is 1. The van der Waals surface area contributed by atoms with Crippen molar-refractivity contribution < 1.29 is 14.9 Å². The predicted octanol–water partition coefficient (Wildman–Crippen LogP) is 0.908. The van der Waals surface area contributed by atoms with Crippen molar-refractivity contribution in [1.82, 2.24) is 10.2 Å². The molecule has 1 unspecified atom stereocenters. The van der Waals surface area contributed by atoms with Crippen molar-refractivity contribution in [3.05, 3.63) is 23.8 Å². The first kappa shape index (κ1) is 14.1. The van der Waals surface area contributed by atoms with Gasteiger partial charge in [-0.15, -0.1) is 0 Å². The van der Waals surface area contributed by atoms with Crippen molar-refractivity contribution in [3.8, 4) is 11.5 Å². The van der Waals surface area contributed by atoms with Crippen LogP contribution in [0.25, 0.3) is 0 Å². The van der Waals surface area contributed by atoms with Gasteiger partial charge < -0.3 is 20.3 Å². The van der Waals surface area contributed by atoms with E-state index in [0.29, 0.717) is 12.6 Å². The van der Waals surface area contributed by atoms with Gasteiger partial charge >= 0.3 is 0 Å². The Bertz CT molecular complexity index is 406. The molecule has 3 N–H and O–H groups in total. The molecule has 19 heavy (non-hydrogen) atoms. The van der Waals surface area contributed by atoms with Crippen molar-refractivity contribution in [2.75, 3.05) is 32.8 Å². The monoisotopic (exact) mass is 266 g/mol. The Kier molecular flexibility index (Phi) is 5.01. The van der Waals surface area contributed by atoms with Gasteiger partial charge in [-0.25, -0.2) is 0 Å². The number of hydrogen-bond acceptors (Lipinski definition) is 5. The van der Waals surface area contributed by atoms with Gasteiger partial charge in [0.05, 0.1) is 13.2 Å². The minimum absolute atomic E-state index is 0.0693. The molecule has 1 saturated heterocycles. The molecule has 1 fully saturated rings. The average Bonchev–Trinajstić information content (AvgIpc) is 2.41. The second-order valence-electron chi connectivity index (χ2n) is 5.02. The molecule has 0 bridgehead atoms. The third-order valence-electron chi connectivity index (χ3n) is 3.33. The van der Waals surface area contributed by atoms with E-state index >= 15 is 0 Å². The molecule has 0 aliphatic carbocycles. The van der Waals surface area contributed by atoms with Crippen molar-refractivity contribution >= 4 is 0 Å². The van der Waals surface area contributed by atoms with Crippen LogP contribution in [0.1, 0.15) is 12.5 Å². The lowest BCUT2D eigenvalue weighted by Gasteiger charge is -2.29. The number of phenols is 2. The van der Waals surface area contributed by atoms with Gasteiger partial charge in [-0.2, -0.15) is 0 Å². The van der Waals surface area contributed by atoms with E-state index in [9.17, 15) is 10.2 Å². The van der Waals surface area contributed by atoms with Gasteiger partial charge in [0.2, 0.25) is 0 Å². The minimum atomic E-state index is -0.0786. The number of morpholine rings is 1. The van der Waals surface area contributed by atoms with E-state index in [1.54, 1.807) is 6.07 Å². The first-order valence-corrected chi connectivity index (χ1v) is 6.69. The summed E-state index contributed by atoms with van der Waals surface area (Å²) in [6, 6.07) is 5.28. The SMILES string of the molecule is CC(CN1CCOCC1)NCc1ccc(O)c(O)c1. The fourth-order valence-corrected chi connectivity index (χ4v) is 2.21. The number of rotatable bonds is 5. The van der Waals surface area contributed by atoms with Crippen molar-refractivity contribution in [2.45, 2.75) is 19.5 Å². The summed E-state index contributed by atoms with van der Waals surface area (Å²) in [6.45, 7) is 7.44. The second kappa shape index (κ2) is 6.75. The van der Waals surface area contributed by atoms with Crippen LogP contribution in [-0.2, 0) is 11.3 Å². The maximum absolute atomic E-state index is 9.43. The Balaban J connectivity index is 1.75. The van der Waals surface area contributed by atoms with E-state index in [1.165, 1.54) is 6.07 Å². The van der Waals surface area contributed by atoms with Crippen LogP contribution in [0.5, 0.6) is 11.5 Å². The largest absolute Gasteiger partial charge is 0.504 e. The molecule has 5 nitrogen and oxygen atoms in total. The van der Waals surface area contributed by atoms with Crippen LogP contribution in [-0.4, -0.2) is 54.0 Å². The lowest BCUT2D eigenvalue weighted by Crippen LogP contribution is -2.44. The number of phenolic OH excluding ortho intramolecular Hbond substituents is 2. The van der Waals surface area contributed by atoms with Crippen LogP contribution in [0.2, 0.25) is 0 Å². The Morgan fingerprint density at radius 1 is 1.26 bits per heavy atom. The Hall–Kier alpha value is -1.30. The highest BCUT2D eigenvalue weighted by molar-refractivity contribution is 5.40. The van der Waals surface area contributed by atoms with E-state index in [-0.39, 0.29) is 11.5 Å². The molecule has 0 aromatic heterocycles. The minimum Gasteiger partial charge on any atom is -0.504 e. The fourth-order valence-electron chi connectivity index (χ4n) is 2.21. The molecule has 1 atom stereocenters. The van der Waals surface area contributed by atoms with E-state index in [1.807, 2.05) is 6.07 Å². The van der Waals surface area contributed by atoms with Gasteiger partial charge in [-0.1, -0.05) is 6.07 Å². The zero-order chi connectivity index (χ0) is 13.7. The van der Waals surface area contributed by atoms with Gasteiger partial charge in [0.1, 0.15) is 0 Å². The zero-order valence-electron chi connectivity index (χ0n) is 11.3. The third-order valence-corrected chi connectivity index (χ3v) is 3.33. The molecular weight excluding hydrogens is 244 g/mol. The summed E-state index contributed by atoms with van der Waals surface area (Å²) in [5, 5.41) is 22.1. The first-order valence-electron chi connectivity index (χ1n) is 6.69. The summed E-state index contributed by atoms with van der Waals surface area (Å²) >= 11 is 0. The van der Waals surface area contributed by atoms with E-state index in [4.69, 9.17) is 4.74 Å². The summed E-state index contributed by atoms with van der Waals surface area (Å²) in [7, 11) is 0. The molecule has 0 amide bonds. The van der Waals surface area contributed by atoms with Gasteiger partial charge in [-0.3, -0.25) is 4.90 Å². The lowest BCUT2D eigenvalue weighted by atomic mass is 10.2. The quantitative estimate of drug-likeness (QED) is 0.691. The second-order valence-corrected chi connectivity index (χ2v) is 5.02. The van der Waals surface area contributed by atoms with E-state index in [2.05, 4.69) is 17.1 Å². The van der Waals surface area contributed by atoms with Gasteiger partial charge in [-0.05, 0) is 24.6 Å². The number of nitrogens with zero attached hydrogens (tertiary/aromatic N) is 1. The Labute approximate surface area is 113 Å². The maximum Gasteiger partial charge on any atom is 0.157 e. The Morgan fingerprint density at radius 3 is 2.68 bits per heavy atom. The highest BCUT2D eigenvalue weighted by Gasteiger charge is 2.13. The van der Waals surface area contributed by atoms with Crippen molar-refractivity contribution in [2.24, 2.45) is 0 Å². The summed E-state index contributed by atoms with van der Waals surface area (Å²) in [4.78, 5) is 2.38. The molecule has 0 saturated carbocycles. The average molecular weight is 266 g/mol. The summed E-state index contributed by atoms with van der Waals surface area (Å²) in [6.07, 6.45) is 0.